The number of hydrogen-bond acceptors (Lipinski definition) is 2. The van der Waals surface area contributed by atoms with Crippen molar-refractivity contribution >= 4 is 18.0 Å². The van der Waals surface area contributed by atoms with Crippen LogP contribution in [0.15, 0.2) is 12.4 Å². The van der Waals surface area contributed by atoms with Crippen LogP contribution in [0, 0.1) is 0 Å². The summed E-state index contributed by atoms with van der Waals surface area (Å²) in [5.41, 5.74) is 0. The normalized spacial score (nSPS) is 17.2. The molecule has 0 N–H and O–H groups in total. The maximum atomic E-state index is 10.6. The van der Waals surface area contributed by atoms with E-state index >= 15 is 0 Å². The molecule has 2 nitrogen and oxygen atoms in total. The molecule has 0 aliphatic heterocycles. The summed E-state index contributed by atoms with van der Waals surface area (Å²) < 4.78 is 15.2. The van der Waals surface area contributed by atoms with E-state index in [9.17, 15) is 4.57 Å². The van der Waals surface area contributed by atoms with Gasteiger partial charge in [-0.1, -0.05) is 6.58 Å². The summed E-state index contributed by atoms with van der Waals surface area (Å²) in [5, 5.41) is 0. The Balaban J connectivity index is 3.73. The SMILES string of the molecule is C=CP(=O)(Cl)OCC. The first-order valence-corrected chi connectivity index (χ1v) is 4.80. The van der Waals surface area contributed by atoms with E-state index in [0.717, 1.165) is 5.82 Å². The highest BCUT2D eigenvalue weighted by Crippen LogP contribution is 2.53. The molecule has 0 aromatic rings. The van der Waals surface area contributed by atoms with Crippen LogP contribution in [0.5, 0.6) is 0 Å². The van der Waals surface area contributed by atoms with Crippen molar-refractivity contribution in [3.05, 3.63) is 12.4 Å². The number of hydrogen-bond donors (Lipinski definition) is 0. The molecule has 1 unspecified atom stereocenters. The van der Waals surface area contributed by atoms with Gasteiger partial charge in [-0.2, -0.15) is 0 Å². The van der Waals surface area contributed by atoms with E-state index in [1.807, 2.05) is 0 Å². The highest BCUT2D eigenvalue weighted by Gasteiger charge is 2.10. The van der Waals surface area contributed by atoms with Gasteiger partial charge in [0.25, 0.3) is 0 Å². The van der Waals surface area contributed by atoms with Gasteiger partial charge in [0.15, 0.2) is 0 Å². The highest BCUT2D eigenvalue weighted by molar-refractivity contribution is 7.87. The van der Waals surface area contributed by atoms with Gasteiger partial charge < -0.3 is 4.52 Å². The first-order valence-electron chi connectivity index (χ1n) is 2.20. The van der Waals surface area contributed by atoms with Crippen molar-refractivity contribution in [2.24, 2.45) is 0 Å². The summed E-state index contributed by atoms with van der Waals surface area (Å²) in [6.45, 7) is 2.37. The Morgan fingerprint density at radius 1 is 2.00 bits per heavy atom. The van der Waals surface area contributed by atoms with Crippen molar-refractivity contribution in [1.29, 1.82) is 0 Å². The van der Waals surface area contributed by atoms with Crippen LogP contribution >= 0.6 is 18.0 Å². The van der Waals surface area contributed by atoms with E-state index < -0.39 is 6.72 Å². The van der Waals surface area contributed by atoms with Gasteiger partial charge in [-0.3, -0.25) is 4.57 Å². The van der Waals surface area contributed by atoms with E-state index in [1.165, 1.54) is 0 Å². The van der Waals surface area contributed by atoms with Crippen molar-refractivity contribution in [3.63, 3.8) is 0 Å². The predicted octanol–water partition coefficient (Wildman–Crippen LogP) is 2.60. The zero-order valence-corrected chi connectivity index (χ0v) is 6.28. The van der Waals surface area contributed by atoms with Gasteiger partial charge in [0.05, 0.1) is 6.61 Å². The molecule has 8 heavy (non-hydrogen) atoms. The molecule has 0 amide bonds. The van der Waals surface area contributed by atoms with E-state index in [-0.39, 0.29) is 0 Å². The first kappa shape index (κ1) is 8.22. The van der Waals surface area contributed by atoms with Crippen molar-refractivity contribution in [2.45, 2.75) is 6.92 Å². The maximum absolute atomic E-state index is 10.6. The lowest BCUT2D eigenvalue weighted by atomic mass is 10.9. The van der Waals surface area contributed by atoms with Crippen LogP contribution in [-0.4, -0.2) is 6.61 Å². The number of halogens is 1. The van der Waals surface area contributed by atoms with E-state index in [4.69, 9.17) is 11.2 Å². The molecule has 0 saturated carbocycles. The van der Waals surface area contributed by atoms with Crippen molar-refractivity contribution < 1.29 is 9.09 Å². The molecule has 0 aromatic carbocycles. The van der Waals surface area contributed by atoms with E-state index in [1.54, 1.807) is 6.92 Å². The van der Waals surface area contributed by atoms with Crippen LogP contribution in [0.1, 0.15) is 6.92 Å². The summed E-state index contributed by atoms with van der Waals surface area (Å²) in [4.78, 5) is 0. The highest BCUT2D eigenvalue weighted by atomic mass is 35.7. The average Bonchev–Trinajstić information content (AvgIpc) is 1.67. The minimum Gasteiger partial charge on any atom is -0.315 e. The van der Waals surface area contributed by atoms with Crippen LogP contribution in [0.3, 0.4) is 0 Å². The molecule has 0 saturated heterocycles. The average molecular weight is 155 g/mol. The van der Waals surface area contributed by atoms with Crippen molar-refractivity contribution in [2.75, 3.05) is 6.61 Å². The van der Waals surface area contributed by atoms with Gasteiger partial charge in [-0.05, 0) is 18.2 Å². The molecule has 0 fully saturated rings. The molecular formula is C4H8ClO2P. The third kappa shape index (κ3) is 3.25. The van der Waals surface area contributed by atoms with Gasteiger partial charge in [-0.15, -0.1) is 0 Å². The van der Waals surface area contributed by atoms with Crippen LogP contribution < -0.4 is 0 Å². The minimum absolute atomic E-state index is 0.354. The van der Waals surface area contributed by atoms with Gasteiger partial charge in [0.2, 0.25) is 0 Å². The van der Waals surface area contributed by atoms with Crippen LogP contribution in [0.2, 0.25) is 0 Å². The Hall–Kier alpha value is 0.220. The van der Waals surface area contributed by atoms with Crippen LogP contribution in [0.4, 0.5) is 0 Å². The molecule has 0 radical (unpaired) electrons. The van der Waals surface area contributed by atoms with Crippen LogP contribution in [0.25, 0.3) is 0 Å². The maximum Gasteiger partial charge on any atom is 0.312 e. The molecule has 0 aliphatic carbocycles. The van der Waals surface area contributed by atoms with Crippen molar-refractivity contribution in [3.8, 4) is 0 Å². The molecule has 0 rings (SSSR count). The molecule has 0 aromatic heterocycles. The topological polar surface area (TPSA) is 26.3 Å². The Bertz CT molecular complexity index is 123. The molecule has 4 heteroatoms. The monoisotopic (exact) mass is 154 g/mol. The predicted molar refractivity (Wildman–Crippen MR) is 35.3 cm³/mol. The molecule has 0 aliphatic rings. The van der Waals surface area contributed by atoms with Crippen molar-refractivity contribution in [1.82, 2.24) is 0 Å². The molecule has 0 spiro atoms. The molecule has 0 heterocycles. The second-order valence-corrected chi connectivity index (χ2v) is 4.20. The first-order chi connectivity index (χ1) is 3.62. The number of rotatable bonds is 3. The summed E-state index contributed by atoms with van der Waals surface area (Å²) in [7, 11) is 0. The second-order valence-electron chi connectivity index (χ2n) is 1.12. The fourth-order valence-corrected chi connectivity index (χ4v) is 0.979. The summed E-state index contributed by atoms with van der Waals surface area (Å²) in [6.07, 6.45) is 0. The van der Waals surface area contributed by atoms with E-state index in [0.29, 0.717) is 6.61 Å². The lowest BCUT2D eigenvalue weighted by Crippen LogP contribution is -1.77. The summed E-state index contributed by atoms with van der Waals surface area (Å²) in [6, 6.07) is 0. The Labute approximate surface area is 53.7 Å². The zero-order valence-electron chi connectivity index (χ0n) is 4.63. The Morgan fingerprint density at radius 2 is 2.50 bits per heavy atom. The molecular weight excluding hydrogens is 146 g/mol. The summed E-state index contributed by atoms with van der Waals surface area (Å²) >= 11 is 5.24. The third-order valence-electron chi connectivity index (χ3n) is 0.523. The van der Waals surface area contributed by atoms with Crippen LogP contribution in [-0.2, 0) is 9.09 Å². The summed E-state index contributed by atoms with van der Waals surface area (Å²) in [5.74, 6) is 1.12. The zero-order chi connectivity index (χ0) is 6.62. The Kier molecular flexibility index (Phi) is 3.38. The van der Waals surface area contributed by atoms with E-state index in [2.05, 4.69) is 11.1 Å². The van der Waals surface area contributed by atoms with Gasteiger partial charge in [0, 0.05) is 5.82 Å². The largest absolute Gasteiger partial charge is 0.315 e. The van der Waals surface area contributed by atoms with Gasteiger partial charge in [-0.25, -0.2) is 0 Å². The lowest BCUT2D eigenvalue weighted by molar-refractivity contribution is 0.351. The second kappa shape index (κ2) is 3.29. The van der Waals surface area contributed by atoms with Gasteiger partial charge in [0.1, 0.15) is 0 Å². The fraction of sp³-hybridized carbons (Fsp3) is 0.500. The molecule has 0 bridgehead atoms. The Morgan fingerprint density at radius 3 is 2.62 bits per heavy atom. The smallest absolute Gasteiger partial charge is 0.312 e. The molecule has 48 valence electrons. The quantitative estimate of drug-likeness (QED) is 0.584. The minimum atomic E-state index is -2.94. The lowest BCUT2D eigenvalue weighted by Gasteiger charge is -2.00. The standard InChI is InChI=1S/C4H8ClO2P/c1-3-7-8(5,6)4-2/h4H,2-3H2,1H3. The molecule has 1 atom stereocenters. The third-order valence-corrected chi connectivity index (χ3v) is 2.28. The fourth-order valence-electron chi connectivity index (χ4n) is 0.229. The van der Waals surface area contributed by atoms with Gasteiger partial charge >= 0.3 is 6.72 Å².